The first-order valence-electron chi connectivity index (χ1n) is 12.8. The summed E-state index contributed by atoms with van der Waals surface area (Å²) in [6.45, 7) is 0.957. The maximum absolute atomic E-state index is 6.54. The minimum Gasteiger partial charge on any atom is -0.493 e. The predicted octanol–water partition coefficient (Wildman–Crippen LogP) is 9.40. The van der Waals surface area contributed by atoms with E-state index in [0.717, 1.165) is 67.3 Å². The number of hydrogen-bond acceptors (Lipinski definition) is 4. The molecule has 0 spiro atoms. The van der Waals surface area contributed by atoms with E-state index in [4.69, 9.17) is 18.9 Å². The molecule has 6 heteroatoms. The molecule has 4 aromatic rings. The lowest BCUT2D eigenvalue weighted by molar-refractivity contribution is 0.323. The van der Waals surface area contributed by atoms with Gasteiger partial charge in [0.25, 0.3) is 0 Å². The van der Waals surface area contributed by atoms with E-state index in [-0.39, 0.29) is 0 Å². The second-order valence-electron chi connectivity index (χ2n) is 9.64. The van der Waals surface area contributed by atoms with Crippen LogP contribution in [0.15, 0.2) is 80.8 Å². The van der Waals surface area contributed by atoms with Gasteiger partial charge in [0.05, 0.1) is 14.2 Å². The van der Waals surface area contributed by atoms with Crippen LogP contribution in [0.3, 0.4) is 0 Å². The number of methoxy groups -OCH3 is 2. The highest BCUT2D eigenvalue weighted by molar-refractivity contribution is 9.10. The van der Waals surface area contributed by atoms with Crippen molar-refractivity contribution in [2.45, 2.75) is 25.7 Å². The molecule has 0 saturated heterocycles. The van der Waals surface area contributed by atoms with Crippen LogP contribution in [-0.2, 0) is 0 Å². The number of rotatable bonds is 9. The van der Waals surface area contributed by atoms with E-state index in [2.05, 4.69) is 68.3 Å². The summed E-state index contributed by atoms with van der Waals surface area (Å²) < 4.78 is 26.9. The third kappa shape index (κ3) is 5.16. The molecule has 0 atom stereocenters. The molecule has 194 valence electrons. The molecule has 0 radical (unpaired) electrons. The molecule has 0 aromatic heterocycles. The summed E-state index contributed by atoms with van der Waals surface area (Å²) in [6, 6.07) is 16.6. The second-order valence-corrected chi connectivity index (χ2v) is 11.5. The summed E-state index contributed by atoms with van der Waals surface area (Å²) in [5.41, 5.74) is 4.71. The Morgan fingerprint density at radius 2 is 1.05 bits per heavy atom. The van der Waals surface area contributed by atoms with E-state index in [9.17, 15) is 0 Å². The SMILES string of the molecule is COc1cc2ccc(Br)cc2c(-c2c(OCC=C3CC3)c(OC)cc3ccc(Br)cc23)c1OCC=C1CC1. The molecular formula is C32H28Br2O4. The Morgan fingerprint density at radius 1 is 0.632 bits per heavy atom. The number of benzene rings is 4. The summed E-state index contributed by atoms with van der Waals surface area (Å²) in [6.07, 6.45) is 8.96. The molecule has 2 aliphatic rings. The number of hydrogen-bond donors (Lipinski definition) is 0. The van der Waals surface area contributed by atoms with Gasteiger partial charge in [-0.1, -0.05) is 55.1 Å². The summed E-state index contributed by atoms with van der Waals surface area (Å²) in [5.74, 6) is 2.74. The average molecular weight is 636 g/mol. The zero-order valence-electron chi connectivity index (χ0n) is 21.4. The van der Waals surface area contributed by atoms with Gasteiger partial charge in [-0.3, -0.25) is 0 Å². The van der Waals surface area contributed by atoms with Crippen molar-refractivity contribution >= 4 is 53.4 Å². The largest absolute Gasteiger partial charge is 0.493 e. The molecule has 2 aliphatic carbocycles. The average Bonchev–Trinajstić information content (AvgIpc) is 3.84. The number of ether oxygens (including phenoxy) is 4. The maximum atomic E-state index is 6.54. The summed E-state index contributed by atoms with van der Waals surface area (Å²) >= 11 is 7.40. The molecular weight excluding hydrogens is 608 g/mol. The Kier molecular flexibility index (Phi) is 7.10. The fourth-order valence-corrected chi connectivity index (χ4v) is 5.49. The van der Waals surface area contributed by atoms with Crippen molar-refractivity contribution in [3.05, 3.63) is 80.8 Å². The Balaban J connectivity index is 1.69. The summed E-state index contributed by atoms with van der Waals surface area (Å²) in [7, 11) is 3.38. The van der Waals surface area contributed by atoms with Crippen LogP contribution in [0.4, 0.5) is 0 Å². The molecule has 2 fully saturated rings. The predicted molar refractivity (Wildman–Crippen MR) is 161 cm³/mol. The van der Waals surface area contributed by atoms with Gasteiger partial charge in [0, 0.05) is 20.1 Å². The maximum Gasteiger partial charge on any atom is 0.170 e. The van der Waals surface area contributed by atoms with Crippen molar-refractivity contribution in [3.63, 3.8) is 0 Å². The van der Waals surface area contributed by atoms with E-state index in [0.29, 0.717) is 36.2 Å². The van der Waals surface area contributed by atoms with Crippen LogP contribution >= 0.6 is 31.9 Å². The minimum atomic E-state index is 0.478. The first-order valence-corrected chi connectivity index (χ1v) is 14.4. The molecule has 0 aliphatic heterocycles. The van der Waals surface area contributed by atoms with Crippen molar-refractivity contribution in [1.29, 1.82) is 0 Å². The van der Waals surface area contributed by atoms with Gasteiger partial charge in [-0.25, -0.2) is 0 Å². The highest BCUT2D eigenvalue weighted by Gasteiger charge is 2.26. The van der Waals surface area contributed by atoms with Gasteiger partial charge >= 0.3 is 0 Å². The lowest BCUT2D eigenvalue weighted by Crippen LogP contribution is -2.04. The highest BCUT2D eigenvalue weighted by atomic mass is 79.9. The number of fused-ring (bicyclic) bond motifs is 2. The summed E-state index contributed by atoms with van der Waals surface area (Å²) in [4.78, 5) is 0. The monoisotopic (exact) mass is 634 g/mol. The molecule has 4 nitrogen and oxygen atoms in total. The molecule has 0 bridgehead atoms. The Hall–Kier alpha value is -2.96. The standard InChI is InChI=1S/C32H28Br2O4/c1-35-27-15-21-7-9-23(33)17-25(21)29(31(27)37-13-11-19-3-4-19)30-26-18-24(34)10-8-22(26)16-28(36-2)32(30)38-14-12-20-5-6-20/h7-12,15-18H,3-6,13-14H2,1-2H3. The van der Waals surface area contributed by atoms with Crippen LogP contribution in [0.25, 0.3) is 32.7 Å². The van der Waals surface area contributed by atoms with Crippen molar-refractivity contribution in [2.75, 3.05) is 27.4 Å². The van der Waals surface area contributed by atoms with Gasteiger partial charge in [0.2, 0.25) is 0 Å². The van der Waals surface area contributed by atoms with Crippen LogP contribution < -0.4 is 18.9 Å². The quantitative estimate of drug-likeness (QED) is 0.172. The van der Waals surface area contributed by atoms with E-state index in [1.807, 2.05) is 24.3 Å². The molecule has 6 rings (SSSR count). The van der Waals surface area contributed by atoms with Crippen LogP contribution in [0.2, 0.25) is 0 Å². The molecule has 4 aromatic carbocycles. The highest BCUT2D eigenvalue weighted by Crippen LogP contribution is 2.53. The van der Waals surface area contributed by atoms with E-state index in [1.54, 1.807) is 14.2 Å². The van der Waals surface area contributed by atoms with Gasteiger partial charge in [0.15, 0.2) is 23.0 Å². The van der Waals surface area contributed by atoms with Crippen molar-refractivity contribution < 1.29 is 18.9 Å². The molecule has 0 heterocycles. The zero-order chi connectivity index (χ0) is 26.2. The lowest BCUT2D eigenvalue weighted by Gasteiger charge is -2.22. The van der Waals surface area contributed by atoms with Gasteiger partial charge < -0.3 is 18.9 Å². The van der Waals surface area contributed by atoms with E-state index in [1.165, 1.54) is 11.1 Å². The normalized spacial score (nSPS) is 14.0. The molecule has 0 N–H and O–H groups in total. The van der Waals surface area contributed by atoms with Crippen molar-refractivity contribution in [2.24, 2.45) is 0 Å². The molecule has 2 saturated carbocycles. The van der Waals surface area contributed by atoms with Crippen LogP contribution in [-0.4, -0.2) is 27.4 Å². The Morgan fingerprint density at radius 3 is 1.42 bits per heavy atom. The lowest BCUT2D eigenvalue weighted by atomic mass is 9.91. The first kappa shape index (κ1) is 25.3. The van der Waals surface area contributed by atoms with Gasteiger partial charge in [0.1, 0.15) is 13.2 Å². The fourth-order valence-electron chi connectivity index (χ4n) is 4.77. The van der Waals surface area contributed by atoms with Crippen LogP contribution in [0.5, 0.6) is 23.0 Å². The summed E-state index contributed by atoms with van der Waals surface area (Å²) in [5, 5.41) is 4.17. The zero-order valence-corrected chi connectivity index (χ0v) is 24.6. The Bertz CT molecular complexity index is 1490. The van der Waals surface area contributed by atoms with E-state index < -0.39 is 0 Å². The van der Waals surface area contributed by atoms with Crippen molar-refractivity contribution in [1.82, 2.24) is 0 Å². The van der Waals surface area contributed by atoms with Gasteiger partial charge in [-0.2, -0.15) is 0 Å². The third-order valence-corrected chi connectivity index (χ3v) is 8.00. The molecule has 38 heavy (non-hydrogen) atoms. The fraction of sp³-hybridized carbons (Fsp3) is 0.250. The van der Waals surface area contributed by atoms with Gasteiger partial charge in [-0.05, 0) is 95.8 Å². The second kappa shape index (κ2) is 10.7. The van der Waals surface area contributed by atoms with Crippen molar-refractivity contribution in [3.8, 4) is 34.1 Å². The smallest absolute Gasteiger partial charge is 0.170 e. The minimum absolute atomic E-state index is 0.478. The van der Waals surface area contributed by atoms with Crippen LogP contribution in [0.1, 0.15) is 25.7 Å². The third-order valence-electron chi connectivity index (χ3n) is 7.01. The number of halogens is 2. The van der Waals surface area contributed by atoms with Gasteiger partial charge in [-0.15, -0.1) is 0 Å². The molecule has 0 unspecified atom stereocenters. The Labute approximate surface area is 239 Å². The molecule has 0 amide bonds. The topological polar surface area (TPSA) is 36.9 Å². The number of allylic oxidation sites excluding steroid dienone is 2. The van der Waals surface area contributed by atoms with E-state index >= 15 is 0 Å². The first-order chi connectivity index (χ1) is 18.6. The van der Waals surface area contributed by atoms with Crippen LogP contribution in [0, 0.1) is 0 Å².